The van der Waals surface area contributed by atoms with Crippen molar-refractivity contribution in [1.82, 2.24) is 16.0 Å². The highest BCUT2D eigenvalue weighted by Crippen LogP contribution is 2.16. The summed E-state index contributed by atoms with van der Waals surface area (Å²) in [6.45, 7) is 4.85. The van der Waals surface area contributed by atoms with Crippen molar-refractivity contribution in [2.75, 3.05) is 0 Å². The molecule has 0 fully saturated rings. The number of benzene rings is 2. The summed E-state index contributed by atoms with van der Waals surface area (Å²) >= 11 is 0. The monoisotopic (exact) mass is 351 g/mol. The predicted octanol–water partition coefficient (Wildman–Crippen LogP) is 1.83. The first kappa shape index (κ1) is 18.1. The Hall–Kier alpha value is -2.66. The Balaban J connectivity index is 1.49. The van der Waals surface area contributed by atoms with Crippen molar-refractivity contribution in [2.24, 2.45) is 0 Å². The van der Waals surface area contributed by atoms with Gasteiger partial charge < -0.3 is 16.0 Å². The van der Waals surface area contributed by atoms with Crippen molar-refractivity contribution in [3.05, 3.63) is 70.8 Å². The molecule has 3 rings (SSSR count). The van der Waals surface area contributed by atoms with Gasteiger partial charge in [-0.2, -0.15) is 0 Å². The average molecular weight is 351 g/mol. The highest BCUT2D eigenvalue weighted by Gasteiger charge is 2.26. The molecule has 3 N–H and O–H groups in total. The van der Waals surface area contributed by atoms with E-state index in [-0.39, 0.29) is 17.9 Å². The molecule has 1 aliphatic rings. The highest BCUT2D eigenvalue weighted by molar-refractivity contribution is 5.89. The van der Waals surface area contributed by atoms with Crippen molar-refractivity contribution in [3.63, 3.8) is 0 Å². The maximum absolute atomic E-state index is 12.5. The lowest BCUT2D eigenvalue weighted by molar-refractivity contribution is -0.129. The van der Waals surface area contributed by atoms with E-state index in [4.69, 9.17) is 0 Å². The molecule has 0 aliphatic carbocycles. The molecule has 136 valence electrons. The molecule has 1 aliphatic heterocycles. The van der Waals surface area contributed by atoms with Gasteiger partial charge in [0.15, 0.2) is 0 Å². The Morgan fingerprint density at radius 3 is 2.54 bits per heavy atom. The van der Waals surface area contributed by atoms with Gasteiger partial charge in [0.25, 0.3) is 0 Å². The van der Waals surface area contributed by atoms with Crippen molar-refractivity contribution >= 4 is 11.8 Å². The number of aryl methyl sites for hydroxylation is 1. The molecule has 2 atom stereocenters. The Bertz CT molecular complexity index is 786. The lowest BCUT2D eigenvalue weighted by Gasteiger charge is -2.26. The van der Waals surface area contributed by atoms with Crippen LogP contribution in [0.3, 0.4) is 0 Å². The standard InChI is InChI=1S/C21H25N3O2/c1-14-7-9-16(10-8-14)12-23-20(25)15(2)24-21(26)19-11-17-5-3-4-6-18(17)13-22-19/h3-10,15,19,22H,11-13H2,1-2H3,(H,23,25)(H,24,26)/t15-,19+/m1/s1. The normalized spacial score (nSPS) is 17.1. The van der Waals surface area contributed by atoms with E-state index < -0.39 is 6.04 Å². The minimum atomic E-state index is -0.577. The second-order valence-corrected chi connectivity index (χ2v) is 6.84. The summed E-state index contributed by atoms with van der Waals surface area (Å²) in [6.07, 6.45) is 0.639. The van der Waals surface area contributed by atoms with Gasteiger partial charge in [-0.3, -0.25) is 9.59 Å². The van der Waals surface area contributed by atoms with Gasteiger partial charge in [-0.1, -0.05) is 54.1 Å². The number of hydrogen-bond acceptors (Lipinski definition) is 3. The summed E-state index contributed by atoms with van der Waals surface area (Å²) in [5.74, 6) is -0.326. The Morgan fingerprint density at radius 2 is 1.81 bits per heavy atom. The van der Waals surface area contributed by atoms with Gasteiger partial charge in [0, 0.05) is 13.1 Å². The number of rotatable bonds is 5. The molecule has 2 amide bonds. The fourth-order valence-corrected chi connectivity index (χ4v) is 3.07. The van der Waals surface area contributed by atoms with Crippen LogP contribution >= 0.6 is 0 Å². The van der Waals surface area contributed by atoms with Crippen molar-refractivity contribution in [2.45, 2.75) is 45.4 Å². The molecular formula is C21H25N3O2. The van der Waals surface area contributed by atoms with Gasteiger partial charge in [-0.25, -0.2) is 0 Å². The topological polar surface area (TPSA) is 70.2 Å². The fraction of sp³-hybridized carbons (Fsp3) is 0.333. The fourth-order valence-electron chi connectivity index (χ4n) is 3.07. The van der Waals surface area contributed by atoms with Crippen LogP contribution in [-0.2, 0) is 29.1 Å². The summed E-state index contributed by atoms with van der Waals surface area (Å²) in [4.78, 5) is 24.7. The quantitative estimate of drug-likeness (QED) is 0.770. The number of hydrogen-bond donors (Lipinski definition) is 3. The number of carbonyl (C=O) groups is 2. The lowest BCUT2D eigenvalue weighted by Crippen LogP contribution is -2.53. The zero-order valence-corrected chi connectivity index (χ0v) is 15.2. The van der Waals surface area contributed by atoms with Gasteiger partial charge in [0.2, 0.25) is 11.8 Å². The minimum Gasteiger partial charge on any atom is -0.350 e. The lowest BCUT2D eigenvalue weighted by atomic mass is 9.95. The van der Waals surface area contributed by atoms with E-state index in [0.29, 0.717) is 19.5 Å². The molecular weight excluding hydrogens is 326 g/mol. The third-order valence-corrected chi connectivity index (χ3v) is 4.74. The Morgan fingerprint density at radius 1 is 1.12 bits per heavy atom. The number of amides is 2. The van der Waals surface area contributed by atoms with Crippen LogP contribution in [0.1, 0.15) is 29.2 Å². The maximum atomic E-state index is 12.5. The average Bonchev–Trinajstić information content (AvgIpc) is 2.66. The predicted molar refractivity (Wildman–Crippen MR) is 101 cm³/mol. The molecule has 0 aromatic heterocycles. The second kappa shape index (κ2) is 8.15. The van der Waals surface area contributed by atoms with Gasteiger partial charge in [-0.05, 0) is 37.0 Å². The van der Waals surface area contributed by atoms with Crippen LogP contribution in [0, 0.1) is 6.92 Å². The Kier molecular flexibility index (Phi) is 5.68. The smallest absolute Gasteiger partial charge is 0.242 e. The Labute approximate surface area is 154 Å². The molecule has 2 aromatic carbocycles. The zero-order chi connectivity index (χ0) is 18.5. The number of carbonyl (C=O) groups excluding carboxylic acids is 2. The third-order valence-electron chi connectivity index (χ3n) is 4.74. The molecule has 0 bridgehead atoms. The first-order valence-corrected chi connectivity index (χ1v) is 8.97. The van der Waals surface area contributed by atoms with Gasteiger partial charge in [-0.15, -0.1) is 0 Å². The van der Waals surface area contributed by atoms with E-state index >= 15 is 0 Å². The molecule has 26 heavy (non-hydrogen) atoms. The van der Waals surface area contributed by atoms with E-state index in [2.05, 4.69) is 22.0 Å². The molecule has 0 unspecified atom stereocenters. The molecule has 1 heterocycles. The molecule has 0 saturated carbocycles. The molecule has 5 heteroatoms. The van der Waals surface area contributed by atoms with Crippen LogP contribution in [0.15, 0.2) is 48.5 Å². The molecule has 0 saturated heterocycles. The van der Waals surface area contributed by atoms with Gasteiger partial charge >= 0.3 is 0 Å². The van der Waals surface area contributed by atoms with E-state index in [1.54, 1.807) is 6.92 Å². The number of fused-ring (bicyclic) bond motifs is 1. The van der Waals surface area contributed by atoms with E-state index in [1.165, 1.54) is 16.7 Å². The molecule has 2 aromatic rings. The first-order valence-electron chi connectivity index (χ1n) is 8.97. The van der Waals surface area contributed by atoms with Crippen molar-refractivity contribution in [1.29, 1.82) is 0 Å². The van der Waals surface area contributed by atoms with E-state index in [0.717, 1.165) is 5.56 Å². The van der Waals surface area contributed by atoms with Crippen LogP contribution in [0.25, 0.3) is 0 Å². The van der Waals surface area contributed by atoms with Gasteiger partial charge in [0.1, 0.15) is 6.04 Å². The van der Waals surface area contributed by atoms with E-state index in [9.17, 15) is 9.59 Å². The highest BCUT2D eigenvalue weighted by atomic mass is 16.2. The van der Waals surface area contributed by atoms with Crippen LogP contribution in [0.4, 0.5) is 0 Å². The van der Waals surface area contributed by atoms with Crippen molar-refractivity contribution in [3.8, 4) is 0 Å². The molecule has 5 nitrogen and oxygen atoms in total. The zero-order valence-electron chi connectivity index (χ0n) is 15.2. The van der Waals surface area contributed by atoms with Crippen LogP contribution in [0.5, 0.6) is 0 Å². The summed E-state index contributed by atoms with van der Waals surface area (Å²) < 4.78 is 0. The summed E-state index contributed by atoms with van der Waals surface area (Å²) in [7, 11) is 0. The largest absolute Gasteiger partial charge is 0.350 e. The van der Waals surface area contributed by atoms with Crippen LogP contribution < -0.4 is 16.0 Å². The third kappa shape index (κ3) is 4.49. The van der Waals surface area contributed by atoms with E-state index in [1.807, 2.05) is 49.4 Å². The van der Waals surface area contributed by atoms with Crippen molar-refractivity contribution < 1.29 is 9.59 Å². The maximum Gasteiger partial charge on any atom is 0.242 e. The van der Waals surface area contributed by atoms with Gasteiger partial charge in [0.05, 0.1) is 6.04 Å². The summed E-state index contributed by atoms with van der Waals surface area (Å²) in [5.41, 5.74) is 4.62. The first-order chi connectivity index (χ1) is 12.5. The summed E-state index contributed by atoms with van der Waals surface area (Å²) in [5, 5.41) is 8.92. The number of nitrogens with one attached hydrogen (secondary N) is 3. The molecule has 0 radical (unpaired) electrons. The summed E-state index contributed by atoms with van der Waals surface area (Å²) in [6, 6.07) is 15.2. The van der Waals surface area contributed by atoms with Crippen LogP contribution in [0.2, 0.25) is 0 Å². The van der Waals surface area contributed by atoms with Crippen LogP contribution in [-0.4, -0.2) is 23.9 Å². The minimum absolute atomic E-state index is 0.141. The molecule has 0 spiro atoms. The second-order valence-electron chi connectivity index (χ2n) is 6.84. The SMILES string of the molecule is Cc1ccc(CNC(=O)[C@@H](C)NC(=O)[C@@H]2Cc3ccccc3CN2)cc1.